The molecular formula is C17H18N2O3. The molecule has 0 radical (unpaired) electrons. The number of ketones is 2. The number of nitrogens with one attached hydrogen (secondary N) is 1. The highest BCUT2D eigenvalue weighted by molar-refractivity contribution is 6.70. The Morgan fingerprint density at radius 1 is 1.05 bits per heavy atom. The van der Waals surface area contributed by atoms with Crippen molar-refractivity contribution < 1.29 is 14.4 Å². The number of amides is 1. The molecule has 2 aliphatic rings. The molecule has 1 N–H and O–H groups in total. The number of carbonyl (C=O) groups excluding carboxylic acids is 3. The van der Waals surface area contributed by atoms with Crippen LogP contribution in [0.3, 0.4) is 0 Å². The normalized spacial score (nSPS) is 24.1. The predicted octanol–water partition coefficient (Wildman–Crippen LogP) is 2.68. The number of rotatable bonds is 2. The van der Waals surface area contributed by atoms with Crippen LogP contribution in [0.4, 0.5) is 11.4 Å². The molecule has 0 spiro atoms. The van der Waals surface area contributed by atoms with Crippen molar-refractivity contribution in [2.45, 2.75) is 32.6 Å². The molecule has 3 rings (SSSR count). The Kier molecular flexibility index (Phi) is 3.88. The maximum atomic E-state index is 12.4. The second-order valence-corrected chi connectivity index (χ2v) is 5.91. The molecule has 2 fully saturated rings. The number of nitrogens with zero attached hydrogens (tertiary/aromatic N) is 1. The summed E-state index contributed by atoms with van der Waals surface area (Å²) in [6, 6.07) is 6.80. The first-order valence-corrected chi connectivity index (χ1v) is 7.61. The van der Waals surface area contributed by atoms with Gasteiger partial charge in [0.1, 0.15) is 0 Å². The fourth-order valence-corrected chi connectivity index (χ4v) is 3.29. The summed E-state index contributed by atoms with van der Waals surface area (Å²) in [5.74, 6) is -0.650. The third-order valence-corrected chi connectivity index (χ3v) is 4.33. The molecule has 0 heterocycles. The minimum absolute atomic E-state index is 0.0966. The lowest BCUT2D eigenvalue weighted by Gasteiger charge is -2.20. The summed E-state index contributed by atoms with van der Waals surface area (Å²) in [5, 5.41) is 2.66. The van der Waals surface area contributed by atoms with Gasteiger partial charge in [0.05, 0.1) is 5.69 Å². The number of carbonyl (C=O) groups is 3. The maximum absolute atomic E-state index is 12.4. The number of aliphatic imine (C=N–C) groups is 1. The van der Waals surface area contributed by atoms with E-state index in [-0.39, 0.29) is 35.0 Å². The first-order chi connectivity index (χ1) is 10.6. The van der Waals surface area contributed by atoms with Gasteiger partial charge in [0.25, 0.3) is 0 Å². The van der Waals surface area contributed by atoms with Crippen LogP contribution in [-0.4, -0.2) is 23.2 Å². The van der Waals surface area contributed by atoms with Gasteiger partial charge in [-0.3, -0.25) is 14.4 Å². The van der Waals surface area contributed by atoms with Crippen molar-refractivity contribution in [3.8, 4) is 0 Å². The molecule has 1 amide bonds. The van der Waals surface area contributed by atoms with E-state index < -0.39 is 0 Å². The highest BCUT2D eigenvalue weighted by atomic mass is 16.2. The first-order valence-electron chi connectivity index (χ1n) is 7.61. The van der Waals surface area contributed by atoms with Gasteiger partial charge >= 0.3 is 0 Å². The van der Waals surface area contributed by atoms with Crippen molar-refractivity contribution in [1.82, 2.24) is 0 Å². The molecule has 0 bridgehead atoms. The predicted molar refractivity (Wildman–Crippen MR) is 83.3 cm³/mol. The average molecular weight is 298 g/mol. The smallest absolute Gasteiger partial charge is 0.221 e. The summed E-state index contributed by atoms with van der Waals surface area (Å²) in [6.45, 7) is 1.44. The van der Waals surface area contributed by atoms with Gasteiger partial charge in [-0.1, -0.05) is 12.8 Å². The molecule has 5 heteroatoms. The molecule has 0 aromatic heterocycles. The van der Waals surface area contributed by atoms with E-state index in [9.17, 15) is 14.4 Å². The molecule has 1 aromatic carbocycles. The third-order valence-electron chi connectivity index (χ3n) is 4.33. The van der Waals surface area contributed by atoms with Crippen LogP contribution in [0, 0.1) is 11.8 Å². The SMILES string of the molecule is CC(=O)Nc1ccc(N=C2C(=O)C3CCCCC3C2=O)cc1. The summed E-state index contributed by atoms with van der Waals surface area (Å²) >= 11 is 0. The van der Waals surface area contributed by atoms with Crippen molar-refractivity contribution in [3.05, 3.63) is 24.3 Å². The summed E-state index contributed by atoms with van der Waals surface area (Å²) in [6.07, 6.45) is 3.63. The van der Waals surface area contributed by atoms with Crippen LogP contribution in [0.5, 0.6) is 0 Å². The highest BCUT2D eigenvalue weighted by Crippen LogP contribution is 2.37. The molecule has 2 saturated carbocycles. The zero-order valence-electron chi connectivity index (χ0n) is 12.5. The van der Waals surface area contributed by atoms with Gasteiger partial charge in [0.2, 0.25) is 5.91 Å². The van der Waals surface area contributed by atoms with Gasteiger partial charge in [-0.15, -0.1) is 0 Å². The Morgan fingerprint density at radius 3 is 2.09 bits per heavy atom. The highest BCUT2D eigenvalue weighted by Gasteiger charge is 2.47. The van der Waals surface area contributed by atoms with E-state index in [4.69, 9.17) is 0 Å². The van der Waals surface area contributed by atoms with Crippen LogP contribution in [0.2, 0.25) is 0 Å². The van der Waals surface area contributed by atoms with Gasteiger partial charge < -0.3 is 5.32 Å². The molecule has 5 nitrogen and oxygen atoms in total. The van der Waals surface area contributed by atoms with Crippen molar-refractivity contribution in [2.24, 2.45) is 16.8 Å². The Bertz CT molecular complexity index is 635. The fraction of sp³-hybridized carbons (Fsp3) is 0.412. The molecule has 2 unspecified atom stereocenters. The van der Waals surface area contributed by atoms with E-state index in [1.165, 1.54) is 6.92 Å². The van der Waals surface area contributed by atoms with Gasteiger partial charge in [-0.2, -0.15) is 0 Å². The van der Waals surface area contributed by atoms with Gasteiger partial charge in [0, 0.05) is 24.4 Å². The zero-order chi connectivity index (χ0) is 15.7. The standard InChI is InChI=1S/C17H18N2O3/c1-10(20)18-11-6-8-12(9-7-11)19-15-16(21)13-4-2-3-5-14(13)17(15)22/h6-9,13-14H,2-5H2,1H3,(H,18,20). The molecule has 114 valence electrons. The molecule has 2 aliphatic carbocycles. The average Bonchev–Trinajstić information content (AvgIpc) is 2.74. The molecule has 0 aliphatic heterocycles. The van der Waals surface area contributed by atoms with Crippen LogP contribution in [0.25, 0.3) is 0 Å². The lowest BCUT2D eigenvalue weighted by Crippen LogP contribution is -2.21. The quantitative estimate of drug-likeness (QED) is 0.912. The maximum Gasteiger partial charge on any atom is 0.221 e. The van der Waals surface area contributed by atoms with Crippen molar-refractivity contribution in [1.29, 1.82) is 0 Å². The molecule has 1 aromatic rings. The lowest BCUT2D eigenvalue weighted by atomic mass is 9.81. The molecular weight excluding hydrogens is 280 g/mol. The monoisotopic (exact) mass is 298 g/mol. The van der Waals surface area contributed by atoms with Crippen molar-refractivity contribution >= 4 is 34.6 Å². The third kappa shape index (κ3) is 2.71. The van der Waals surface area contributed by atoms with Crippen LogP contribution in [-0.2, 0) is 14.4 Å². The lowest BCUT2D eigenvalue weighted by molar-refractivity contribution is -0.120. The van der Waals surface area contributed by atoms with E-state index in [0.29, 0.717) is 11.4 Å². The van der Waals surface area contributed by atoms with Gasteiger partial charge in [0.15, 0.2) is 17.3 Å². The van der Waals surface area contributed by atoms with Crippen molar-refractivity contribution in [2.75, 3.05) is 5.32 Å². The summed E-state index contributed by atoms with van der Waals surface area (Å²) in [7, 11) is 0. The van der Waals surface area contributed by atoms with E-state index >= 15 is 0 Å². The summed E-state index contributed by atoms with van der Waals surface area (Å²) in [5.41, 5.74) is 1.32. The summed E-state index contributed by atoms with van der Waals surface area (Å²) < 4.78 is 0. The Hall–Kier alpha value is -2.30. The largest absolute Gasteiger partial charge is 0.326 e. The van der Waals surface area contributed by atoms with Crippen molar-refractivity contribution in [3.63, 3.8) is 0 Å². The van der Waals surface area contributed by atoms with E-state index in [0.717, 1.165) is 25.7 Å². The van der Waals surface area contributed by atoms with Crippen LogP contribution in [0.15, 0.2) is 29.3 Å². The second kappa shape index (κ2) is 5.83. The van der Waals surface area contributed by atoms with Crippen LogP contribution < -0.4 is 5.32 Å². The number of benzene rings is 1. The molecule has 0 saturated heterocycles. The van der Waals surface area contributed by atoms with Crippen LogP contribution in [0.1, 0.15) is 32.6 Å². The number of Topliss-reactive ketones (excluding diaryl/α,β-unsaturated/α-hetero) is 2. The molecule has 22 heavy (non-hydrogen) atoms. The van der Waals surface area contributed by atoms with Crippen LogP contribution >= 0.6 is 0 Å². The Balaban J connectivity index is 1.83. The topological polar surface area (TPSA) is 75.6 Å². The van der Waals surface area contributed by atoms with E-state index in [2.05, 4.69) is 10.3 Å². The number of fused-ring (bicyclic) bond motifs is 1. The minimum atomic E-state index is -0.154. The zero-order valence-corrected chi connectivity index (χ0v) is 12.5. The second-order valence-electron chi connectivity index (χ2n) is 5.91. The molecule has 2 atom stereocenters. The van der Waals surface area contributed by atoms with E-state index in [1.807, 2.05) is 0 Å². The van der Waals surface area contributed by atoms with Gasteiger partial charge in [-0.05, 0) is 37.1 Å². The van der Waals surface area contributed by atoms with E-state index in [1.54, 1.807) is 24.3 Å². The fourth-order valence-electron chi connectivity index (χ4n) is 3.29. The number of hydrogen-bond acceptors (Lipinski definition) is 4. The number of anilines is 1. The Morgan fingerprint density at radius 2 is 1.59 bits per heavy atom. The first kappa shape index (κ1) is 14.6. The Labute approximate surface area is 128 Å². The minimum Gasteiger partial charge on any atom is -0.326 e. The number of hydrogen-bond donors (Lipinski definition) is 1. The van der Waals surface area contributed by atoms with Gasteiger partial charge in [-0.25, -0.2) is 4.99 Å². The summed E-state index contributed by atoms with van der Waals surface area (Å²) in [4.78, 5) is 40.0.